The van der Waals surface area contributed by atoms with E-state index in [9.17, 15) is 5.11 Å². The Kier molecular flexibility index (Phi) is 2.75. The van der Waals surface area contributed by atoms with Gasteiger partial charge in [-0.2, -0.15) is 0 Å². The highest BCUT2D eigenvalue weighted by molar-refractivity contribution is 4.99. The summed E-state index contributed by atoms with van der Waals surface area (Å²) in [6.07, 6.45) is -2.38. The molecule has 0 bridgehead atoms. The summed E-state index contributed by atoms with van der Waals surface area (Å²) in [6, 6.07) is 0. The molecule has 3 aliphatic rings. The van der Waals surface area contributed by atoms with Crippen LogP contribution in [0.2, 0.25) is 0 Å². The minimum atomic E-state index is -0.978. The SMILES string of the molecule is CC1(C)OCC([C@H]2O[C@H](O)[C@H]3OC(C)(C)O[C@H]32)O1. The monoisotopic (exact) mass is 260 g/mol. The molecule has 1 N–H and O–H groups in total. The normalized spacial score (nSPS) is 49.5. The van der Waals surface area contributed by atoms with Crippen molar-refractivity contribution in [2.75, 3.05) is 6.61 Å². The van der Waals surface area contributed by atoms with Crippen LogP contribution in [0.5, 0.6) is 0 Å². The molecule has 3 saturated heterocycles. The second-order valence-electron chi connectivity index (χ2n) is 5.92. The van der Waals surface area contributed by atoms with E-state index in [0.29, 0.717) is 6.61 Å². The zero-order valence-electron chi connectivity index (χ0n) is 11.1. The predicted octanol–water partition coefficient (Wildman–Crippen LogP) is 0.375. The van der Waals surface area contributed by atoms with Crippen LogP contribution in [0.1, 0.15) is 27.7 Å². The lowest BCUT2D eigenvalue weighted by Gasteiger charge is -2.26. The quantitative estimate of drug-likeness (QED) is 0.735. The van der Waals surface area contributed by atoms with Crippen molar-refractivity contribution in [3.63, 3.8) is 0 Å². The largest absolute Gasteiger partial charge is 0.366 e. The molecule has 0 aromatic heterocycles. The van der Waals surface area contributed by atoms with Crippen molar-refractivity contribution in [2.45, 2.75) is 70.0 Å². The Labute approximate surface area is 106 Å². The molecule has 6 nitrogen and oxygen atoms in total. The molecular formula is C12H20O6. The van der Waals surface area contributed by atoms with Crippen LogP contribution in [-0.4, -0.2) is 54.0 Å². The molecule has 0 aromatic rings. The fourth-order valence-corrected chi connectivity index (χ4v) is 2.78. The minimum Gasteiger partial charge on any atom is -0.366 e. The molecule has 6 heteroatoms. The molecule has 3 heterocycles. The smallest absolute Gasteiger partial charge is 0.184 e. The first-order chi connectivity index (χ1) is 8.27. The lowest BCUT2D eigenvalue weighted by Crippen LogP contribution is -2.40. The molecular weight excluding hydrogens is 240 g/mol. The maximum absolute atomic E-state index is 9.87. The highest BCUT2D eigenvalue weighted by Gasteiger charge is 2.58. The van der Waals surface area contributed by atoms with Crippen LogP contribution in [0.3, 0.4) is 0 Å². The summed E-state index contributed by atoms with van der Waals surface area (Å²) in [5, 5.41) is 9.87. The van der Waals surface area contributed by atoms with Crippen LogP contribution in [-0.2, 0) is 23.7 Å². The number of aliphatic hydroxyl groups excluding tert-OH is 1. The number of hydrogen-bond acceptors (Lipinski definition) is 6. The third-order valence-corrected chi connectivity index (χ3v) is 3.46. The van der Waals surface area contributed by atoms with E-state index in [1.807, 2.05) is 27.7 Å². The molecule has 5 atom stereocenters. The number of rotatable bonds is 1. The van der Waals surface area contributed by atoms with E-state index < -0.39 is 24.0 Å². The van der Waals surface area contributed by atoms with Crippen LogP contribution in [0, 0.1) is 0 Å². The maximum Gasteiger partial charge on any atom is 0.184 e. The zero-order chi connectivity index (χ0) is 13.1. The lowest BCUT2D eigenvalue weighted by molar-refractivity contribution is -0.236. The average Bonchev–Trinajstić information content (AvgIpc) is 2.81. The van der Waals surface area contributed by atoms with Gasteiger partial charge in [0.25, 0.3) is 0 Å². The third-order valence-electron chi connectivity index (χ3n) is 3.46. The van der Waals surface area contributed by atoms with Gasteiger partial charge >= 0.3 is 0 Å². The second kappa shape index (κ2) is 3.88. The van der Waals surface area contributed by atoms with Crippen LogP contribution in [0.25, 0.3) is 0 Å². The van der Waals surface area contributed by atoms with Crippen molar-refractivity contribution in [1.29, 1.82) is 0 Å². The molecule has 0 aromatic carbocycles. The minimum absolute atomic E-state index is 0.248. The molecule has 0 aliphatic carbocycles. The molecule has 3 rings (SSSR count). The van der Waals surface area contributed by atoms with Gasteiger partial charge in [-0.1, -0.05) is 0 Å². The molecule has 0 amide bonds. The topological polar surface area (TPSA) is 66.4 Å². The molecule has 18 heavy (non-hydrogen) atoms. The Bertz CT molecular complexity index is 341. The van der Waals surface area contributed by atoms with Crippen molar-refractivity contribution in [2.24, 2.45) is 0 Å². The highest BCUT2D eigenvalue weighted by Crippen LogP contribution is 2.41. The Hall–Kier alpha value is -0.240. The number of ether oxygens (including phenoxy) is 5. The predicted molar refractivity (Wildman–Crippen MR) is 59.6 cm³/mol. The van der Waals surface area contributed by atoms with Gasteiger partial charge in [-0.05, 0) is 27.7 Å². The molecule has 0 saturated carbocycles. The Balaban J connectivity index is 1.75. The van der Waals surface area contributed by atoms with Gasteiger partial charge in [0.15, 0.2) is 17.9 Å². The fraction of sp³-hybridized carbons (Fsp3) is 1.00. The summed E-state index contributed by atoms with van der Waals surface area (Å²) in [7, 11) is 0. The van der Waals surface area contributed by atoms with Crippen LogP contribution >= 0.6 is 0 Å². The highest BCUT2D eigenvalue weighted by atomic mass is 16.8. The molecule has 1 unspecified atom stereocenters. The summed E-state index contributed by atoms with van der Waals surface area (Å²) in [5.74, 6) is -1.32. The molecule has 3 fully saturated rings. The van der Waals surface area contributed by atoms with Crippen molar-refractivity contribution >= 4 is 0 Å². The van der Waals surface area contributed by atoms with E-state index in [1.54, 1.807) is 0 Å². The van der Waals surface area contributed by atoms with Gasteiger partial charge in [0.05, 0.1) is 6.61 Å². The zero-order valence-corrected chi connectivity index (χ0v) is 11.1. The van der Waals surface area contributed by atoms with Gasteiger partial charge < -0.3 is 28.8 Å². The van der Waals surface area contributed by atoms with E-state index in [-0.39, 0.29) is 18.3 Å². The van der Waals surface area contributed by atoms with Crippen molar-refractivity contribution in [1.82, 2.24) is 0 Å². The molecule has 104 valence electrons. The third kappa shape index (κ3) is 2.07. The summed E-state index contributed by atoms with van der Waals surface area (Å²) >= 11 is 0. The first kappa shape index (κ1) is 12.8. The summed E-state index contributed by atoms with van der Waals surface area (Å²) in [5.41, 5.74) is 0. The van der Waals surface area contributed by atoms with Crippen molar-refractivity contribution in [3.8, 4) is 0 Å². The van der Waals surface area contributed by atoms with Crippen LogP contribution in [0.4, 0.5) is 0 Å². The number of hydrogen-bond donors (Lipinski definition) is 1. The van der Waals surface area contributed by atoms with Gasteiger partial charge in [0.1, 0.15) is 24.4 Å². The van der Waals surface area contributed by atoms with Crippen molar-refractivity contribution in [3.05, 3.63) is 0 Å². The van der Waals surface area contributed by atoms with E-state index >= 15 is 0 Å². The summed E-state index contributed by atoms with van der Waals surface area (Å²) in [4.78, 5) is 0. The fourth-order valence-electron chi connectivity index (χ4n) is 2.78. The number of fused-ring (bicyclic) bond motifs is 1. The number of aliphatic hydroxyl groups is 1. The first-order valence-corrected chi connectivity index (χ1v) is 6.28. The van der Waals surface area contributed by atoms with Gasteiger partial charge in [0, 0.05) is 0 Å². The van der Waals surface area contributed by atoms with E-state index in [1.165, 1.54) is 0 Å². The summed E-state index contributed by atoms with van der Waals surface area (Å²) in [6.45, 7) is 7.78. The average molecular weight is 260 g/mol. The van der Waals surface area contributed by atoms with Crippen LogP contribution < -0.4 is 0 Å². The van der Waals surface area contributed by atoms with Crippen molar-refractivity contribution < 1.29 is 28.8 Å². The molecule has 0 spiro atoms. The molecule has 0 radical (unpaired) electrons. The lowest BCUT2D eigenvalue weighted by atomic mass is 10.1. The van der Waals surface area contributed by atoms with Crippen LogP contribution in [0.15, 0.2) is 0 Å². The Morgan fingerprint density at radius 3 is 2.17 bits per heavy atom. The van der Waals surface area contributed by atoms with Gasteiger partial charge in [0.2, 0.25) is 0 Å². The summed E-state index contributed by atoms with van der Waals surface area (Å²) < 4.78 is 28.2. The van der Waals surface area contributed by atoms with E-state index in [2.05, 4.69) is 0 Å². The van der Waals surface area contributed by atoms with E-state index in [4.69, 9.17) is 23.7 Å². The van der Waals surface area contributed by atoms with Gasteiger partial charge in [-0.25, -0.2) is 0 Å². The first-order valence-electron chi connectivity index (χ1n) is 6.28. The van der Waals surface area contributed by atoms with Gasteiger partial charge in [-0.3, -0.25) is 0 Å². The molecule has 3 aliphatic heterocycles. The van der Waals surface area contributed by atoms with E-state index in [0.717, 1.165) is 0 Å². The standard InChI is InChI=1S/C12H20O6/c1-11(2)14-5-6(16-11)7-8-9(10(13)15-7)18-12(3,4)17-8/h6-10,13H,5H2,1-4H3/t6?,7-,8+,9+,10+/m1/s1. The van der Waals surface area contributed by atoms with Gasteiger partial charge in [-0.15, -0.1) is 0 Å². The second-order valence-corrected chi connectivity index (χ2v) is 5.92. The Morgan fingerprint density at radius 1 is 0.889 bits per heavy atom. The Morgan fingerprint density at radius 2 is 1.56 bits per heavy atom. The maximum atomic E-state index is 9.87.